The highest BCUT2D eigenvalue weighted by Gasteiger charge is 2.25. The molecule has 0 bridgehead atoms. The molecule has 2 fully saturated rings. The zero-order chi connectivity index (χ0) is 16.9. The molecule has 3 heteroatoms. The number of piperidine rings is 1. The van der Waals surface area contributed by atoms with Crippen molar-refractivity contribution in [3.63, 3.8) is 0 Å². The van der Waals surface area contributed by atoms with Crippen LogP contribution in [0.5, 0.6) is 0 Å². The molecule has 0 radical (unpaired) electrons. The summed E-state index contributed by atoms with van der Waals surface area (Å²) < 4.78 is 0. The van der Waals surface area contributed by atoms with Gasteiger partial charge in [-0.25, -0.2) is 0 Å². The first-order valence-electron chi connectivity index (χ1n) is 9.69. The quantitative estimate of drug-likeness (QED) is 0.832. The second kappa shape index (κ2) is 8.15. The van der Waals surface area contributed by atoms with Crippen molar-refractivity contribution in [1.29, 1.82) is 0 Å². The molecule has 1 saturated carbocycles. The van der Waals surface area contributed by atoms with E-state index in [0.717, 1.165) is 43.8 Å². The molecule has 1 saturated heterocycles. The molecule has 3 rings (SSSR count). The lowest BCUT2D eigenvalue weighted by molar-refractivity contribution is -0.131. The Labute approximate surface area is 146 Å². The highest BCUT2D eigenvalue weighted by Crippen LogP contribution is 2.28. The molecular weight excluding hydrogens is 296 g/mol. The standard InChI is InChI=1S/C21H32N2O/c1-16(2)13-17-3-5-18(6-4-17)14-21(24)23-11-9-20(10-12-23)22-15-19-7-8-19/h3-6,16,19-20,22H,7-15H2,1-2H3. The maximum atomic E-state index is 12.5. The number of carbonyl (C=O) groups excluding carboxylic acids is 1. The van der Waals surface area contributed by atoms with Gasteiger partial charge in [0.05, 0.1) is 6.42 Å². The molecule has 3 nitrogen and oxygen atoms in total. The molecule has 2 aliphatic rings. The van der Waals surface area contributed by atoms with Gasteiger partial charge in [0.1, 0.15) is 0 Å². The highest BCUT2D eigenvalue weighted by atomic mass is 16.2. The topological polar surface area (TPSA) is 32.3 Å². The van der Waals surface area contributed by atoms with Crippen molar-refractivity contribution in [2.24, 2.45) is 11.8 Å². The minimum absolute atomic E-state index is 0.284. The third kappa shape index (κ3) is 5.34. The predicted molar refractivity (Wildman–Crippen MR) is 99.0 cm³/mol. The van der Waals surface area contributed by atoms with Crippen molar-refractivity contribution in [2.45, 2.75) is 58.4 Å². The van der Waals surface area contributed by atoms with Crippen LogP contribution in [-0.2, 0) is 17.6 Å². The fraction of sp³-hybridized carbons (Fsp3) is 0.667. The van der Waals surface area contributed by atoms with Crippen molar-refractivity contribution in [3.8, 4) is 0 Å². The molecular formula is C21H32N2O. The molecule has 0 atom stereocenters. The van der Waals surface area contributed by atoms with Crippen LogP contribution in [0.1, 0.15) is 50.7 Å². The van der Waals surface area contributed by atoms with Gasteiger partial charge in [-0.2, -0.15) is 0 Å². The zero-order valence-corrected chi connectivity index (χ0v) is 15.3. The Morgan fingerprint density at radius 2 is 1.71 bits per heavy atom. The average molecular weight is 329 g/mol. The molecule has 1 aliphatic heterocycles. The van der Waals surface area contributed by atoms with Gasteiger partial charge in [0.25, 0.3) is 0 Å². The number of likely N-dealkylation sites (tertiary alicyclic amines) is 1. The van der Waals surface area contributed by atoms with E-state index < -0.39 is 0 Å². The van der Waals surface area contributed by atoms with E-state index in [9.17, 15) is 4.79 Å². The smallest absolute Gasteiger partial charge is 0.226 e. The van der Waals surface area contributed by atoms with Crippen LogP contribution in [0.15, 0.2) is 24.3 Å². The molecule has 1 heterocycles. The van der Waals surface area contributed by atoms with Gasteiger partial charge in [0.2, 0.25) is 5.91 Å². The Balaban J connectivity index is 1.41. The van der Waals surface area contributed by atoms with Crippen LogP contribution in [0.25, 0.3) is 0 Å². The van der Waals surface area contributed by atoms with E-state index in [1.807, 2.05) is 0 Å². The van der Waals surface area contributed by atoms with Gasteiger partial charge in [-0.3, -0.25) is 4.79 Å². The second-order valence-corrected chi connectivity index (χ2v) is 8.10. The van der Waals surface area contributed by atoms with E-state index in [2.05, 4.69) is 48.3 Å². The Morgan fingerprint density at radius 1 is 1.08 bits per heavy atom. The lowest BCUT2D eigenvalue weighted by Crippen LogP contribution is -2.45. The number of benzene rings is 1. The first kappa shape index (κ1) is 17.5. The van der Waals surface area contributed by atoms with E-state index in [0.29, 0.717) is 18.4 Å². The monoisotopic (exact) mass is 328 g/mol. The maximum Gasteiger partial charge on any atom is 0.226 e. The summed E-state index contributed by atoms with van der Waals surface area (Å²) in [6.07, 6.45) is 6.66. The SMILES string of the molecule is CC(C)Cc1ccc(CC(=O)N2CCC(NCC3CC3)CC2)cc1. The normalized spacial score (nSPS) is 19.0. The van der Waals surface area contributed by atoms with Crippen molar-refractivity contribution in [1.82, 2.24) is 10.2 Å². The molecule has 0 spiro atoms. The fourth-order valence-electron chi connectivity index (χ4n) is 3.54. The van der Waals surface area contributed by atoms with Crippen LogP contribution < -0.4 is 5.32 Å². The van der Waals surface area contributed by atoms with Gasteiger partial charge in [-0.05, 0) is 61.6 Å². The molecule has 0 unspecified atom stereocenters. The molecule has 1 N–H and O–H groups in total. The molecule has 1 aromatic carbocycles. The number of hydrogen-bond acceptors (Lipinski definition) is 2. The number of carbonyl (C=O) groups is 1. The van der Waals surface area contributed by atoms with Crippen molar-refractivity contribution in [2.75, 3.05) is 19.6 Å². The number of nitrogens with one attached hydrogen (secondary N) is 1. The van der Waals surface area contributed by atoms with Crippen LogP contribution in [0.3, 0.4) is 0 Å². The third-order valence-corrected chi connectivity index (χ3v) is 5.26. The van der Waals surface area contributed by atoms with E-state index >= 15 is 0 Å². The van der Waals surface area contributed by atoms with Crippen molar-refractivity contribution in [3.05, 3.63) is 35.4 Å². The second-order valence-electron chi connectivity index (χ2n) is 8.10. The number of nitrogens with zero attached hydrogens (tertiary/aromatic N) is 1. The Morgan fingerprint density at radius 3 is 2.29 bits per heavy atom. The summed E-state index contributed by atoms with van der Waals surface area (Å²) in [5.41, 5.74) is 2.50. The predicted octanol–water partition coefficient (Wildman–Crippen LogP) is 3.42. The number of amides is 1. The Kier molecular flexibility index (Phi) is 5.94. The lowest BCUT2D eigenvalue weighted by Gasteiger charge is -2.32. The summed E-state index contributed by atoms with van der Waals surface area (Å²) in [6.45, 7) is 7.47. The maximum absolute atomic E-state index is 12.5. The van der Waals surface area contributed by atoms with Crippen LogP contribution in [-0.4, -0.2) is 36.5 Å². The number of hydrogen-bond donors (Lipinski definition) is 1. The first-order valence-corrected chi connectivity index (χ1v) is 9.69. The summed E-state index contributed by atoms with van der Waals surface area (Å²) in [4.78, 5) is 14.6. The van der Waals surface area contributed by atoms with Gasteiger partial charge in [0.15, 0.2) is 0 Å². The Bertz CT molecular complexity index is 525. The van der Waals surface area contributed by atoms with E-state index in [1.165, 1.54) is 24.9 Å². The van der Waals surface area contributed by atoms with Crippen LogP contribution in [0.2, 0.25) is 0 Å². The molecule has 1 aliphatic carbocycles. The Hall–Kier alpha value is -1.35. The first-order chi connectivity index (χ1) is 11.6. The summed E-state index contributed by atoms with van der Waals surface area (Å²) in [7, 11) is 0. The lowest BCUT2D eigenvalue weighted by atomic mass is 10.00. The fourth-order valence-corrected chi connectivity index (χ4v) is 3.54. The summed E-state index contributed by atoms with van der Waals surface area (Å²) in [6, 6.07) is 9.22. The molecule has 132 valence electrons. The van der Waals surface area contributed by atoms with Gasteiger partial charge in [-0.1, -0.05) is 38.1 Å². The van der Waals surface area contributed by atoms with E-state index in [4.69, 9.17) is 0 Å². The van der Waals surface area contributed by atoms with Crippen LogP contribution >= 0.6 is 0 Å². The molecule has 1 aromatic rings. The van der Waals surface area contributed by atoms with E-state index in [1.54, 1.807) is 0 Å². The van der Waals surface area contributed by atoms with Gasteiger partial charge < -0.3 is 10.2 Å². The summed E-state index contributed by atoms with van der Waals surface area (Å²) in [5.74, 6) is 1.89. The average Bonchev–Trinajstić information content (AvgIpc) is 3.39. The largest absolute Gasteiger partial charge is 0.342 e. The minimum atomic E-state index is 0.284. The van der Waals surface area contributed by atoms with E-state index in [-0.39, 0.29) is 5.91 Å². The van der Waals surface area contributed by atoms with Crippen LogP contribution in [0, 0.1) is 11.8 Å². The molecule has 24 heavy (non-hydrogen) atoms. The minimum Gasteiger partial charge on any atom is -0.342 e. The summed E-state index contributed by atoms with van der Waals surface area (Å²) in [5, 5.41) is 3.68. The zero-order valence-electron chi connectivity index (χ0n) is 15.3. The van der Waals surface area contributed by atoms with Crippen molar-refractivity contribution >= 4 is 5.91 Å². The number of rotatable bonds is 7. The molecule has 1 amide bonds. The van der Waals surface area contributed by atoms with Crippen LogP contribution in [0.4, 0.5) is 0 Å². The third-order valence-electron chi connectivity index (χ3n) is 5.26. The highest BCUT2D eigenvalue weighted by molar-refractivity contribution is 5.78. The van der Waals surface area contributed by atoms with Gasteiger partial charge in [-0.15, -0.1) is 0 Å². The van der Waals surface area contributed by atoms with Crippen molar-refractivity contribution < 1.29 is 4.79 Å². The van der Waals surface area contributed by atoms with Gasteiger partial charge in [0, 0.05) is 19.1 Å². The van der Waals surface area contributed by atoms with Gasteiger partial charge >= 0.3 is 0 Å². The summed E-state index contributed by atoms with van der Waals surface area (Å²) >= 11 is 0. The molecule has 0 aromatic heterocycles.